The Morgan fingerprint density at radius 3 is 2.42 bits per heavy atom. The molecule has 2 unspecified atom stereocenters. The molecule has 100 valence electrons. The van der Waals surface area contributed by atoms with E-state index in [-0.39, 0.29) is 0 Å². The molecule has 1 nitrogen and oxygen atoms in total. The number of para-hydroxylation sites is 1. The first-order valence-electron chi connectivity index (χ1n) is 7.84. The number of hydrogen-bond acceptors (Lipinski definition) is 1. The van der Waals surface area contributed by atoms with Gasteiger partial charge in [0, 0.05) is 17.6 Å². The van der Waals surface area contributed by atoms with Crippen LogP contribution in [0, 0.1) is 11.8 Å². The summed E-state index contributed by atoms with van der Waals surface area (Å²) in [5, 5.41) is 3.82. The Morgan fingerprint density at radius 2 is 1.63 bits per heavy atom. The van der Waals surface area contributed by atoms with E-state index in [1.165, 1.54) is 31.4 Å². The Bertz CT molecular complexity index is 542. The zero-order valence-corrected chi connectivity index (χ0v) is 11.9. The predicted molar refractivity (Wildman–Crippen MR) is 80.4 cm³/mol. The van der Waals surface area contributed by atoms with E-state index in [0.29, 0.717) is 17.9 Å². The summed E-state index contributed by atoms with van der Waals surface area (Å²) < 4.78 is 0. The van der Waals surface area contributed by atoms with Crippen LogP contribution in [0.4, 0.5) is 5.69 Å². The van der Waals surface area contributed by atoms with Crippen molar-refractivity contribution in [1.29, 1.82) is 0 Å². The molecular weight excluding hydrogens is 230 g/mol. The fraction of sp³-hybridized carbons (Fsp3) is 0.556. The van der Waals surface area contributed by atoms with Gasteiger partial charge in [0.2, 0.25) is 0 Å². The van der Waals surface area contributed by atoms with Gasteiger partial charge in [0.25, 0.3) is 0 Å². The predicted octanol–water partition coefficient (Wildman–Crippen LogP) is 4.72. The Hall–Kier alpha value is -1.24. The van der Waals surface area contributed by atoms with Gasteiger partial charge in [-0.25, -0.2) is 0 Å². The van der Waals surface area contributed by atoms with Crippen LogP contribution in [-0.2, 0) is 0 Å². The summed E-state index contributed by atoms with van der Waals surface area (Å²) in [6.07, 6.45) is 5.51. The molecule has 0 bridgehead atoms. The van der Waals surface area contributed by atoms with Gasteiger partial charge in [-0.1, -0.05) is 43.2 Å². The van der Waals surface area contributed by atoms with Crippen molar-refractivity contribution in [2.24, 2.45) is 11.8 Å². The summed E-state index contributed by atoms with van der Waals surface area (Å²) in [5.74, 6) is 2.14. The molecule has 1 heterocycles. The molecule has 1 aliphatic heterocycles. The van der Waals surface area contributed by atoms with Crippen LogP contribution in [0.3, 0.4) is 0 Å². The zero-order valence-electron chi connectivity index (χ0n) is 11.9. The first-order valence-corrected chi connectivity index (χ1v) is 7.84. The van der Waals surface area contributed by atoms with Crippen molar-refractivity contribution in [3.05, 3.63) is 41.0 Å². The van der Waals surface area contributed by atoms with Crippen LogP contribution >= 0.6 is 0 Å². The Balaban J connectivity index is 1.82. The Morgan fingerprint density at radius 1 is 0.947 bits per heavy atom. The van der Waals surface area contributed by atoms with Gasteiger partial charge in [-0.3, -0.25) is 0 Å². The van der Waals surface area contributed by atoms with E-state index in [0.717, 1.165) is 5.92 Å². The van der Waals surface area contributed by atoms with E-state index in [1.54, 1.807) is 16.7 Å². The Labute approximate surface area is 116 Å². The molecule has 1 N–H and O–H groups in total. The summed E-state index contributed by atoms with van der Waals surface area (Å²) in [7, 11) is 0. The summed E-state index contributed by atoms with van der Waals surface area (Å²) in [6, 6.07) is 9.58. The lowest BCUT2D eigenvalue weighted by molar-refractivity contribution is 0.340. The molecule has 2 aliphatic carbocycles. The zero-order chi connectivity index (χ0) is 13.0. The number of hydrogen-bond donors (Lipinski definition) is 1. The summed E-state index contributed by atoms with van der Waals surface area (Å²) in [5.41, 5.74) is 6.54. The van der Waals surface area contributed by atoms with E-state index in [1.807, 2.05) is 0 Å². The highest BCUT2D eigenvalue weighted by Crippen LogP contribution is 2.53. The average molecular weight is 253 g/mol. The molecule has 19 heavy (non-hydrogen) atoms. The van der Waals surface area contributed by atoms with Gasteiger partial charge in [0.1, 0.15) is 0 Å². The van der Waals surface area contributed by atoms with Crippen LogP contribution in [0.5, 0.6) is 0 Å². The monoisotopic (exact) mass is 253 g/mol. The number of fused-ring (bicyclic) bond motifs is 3. The van der Waals surface area contributed by atoms with Crippen LogP contribution < -0.4 is 5.32 Å². The molecule has 3 aliphatic rings. The van der Waals surface area contributed by atoms with Crippen molar-refractivity contribution in [3.8, 4) is 0 Å². The van der Waals surface area contributed by atoms with Crippen molar-refractivity contribution in [2.75, 3.05) is 5.32 Å². The fourth-order valence-corrected chi connectivity index (χ4v) is 4.82. The first-order chi connectivity index (χ1) is 9.27. The lowest BCUT2D eigenvalue weighted by Gasteiger charge is -2.42. The van der Waals surface area contributed by atoms with Crippen molar-refractivity contribution in [2.45, 2.75) is 51.5 Å². The third-order valence-corrected chi connectivity index (χ3v) is 5.76. The van der Waals surface area contributed by atoms with Crippen LogP contribution in [0.25, 0.3) is 0 Å². The molecule has 1 aromatic carbocycles. The maximum absolute atomic E-state index is 3.82. The van der Waals surface area contributed by atoms with Crippen LogP contribution in [0.2, 0.25) is 0 Å². The highest BCUT2D eigenvalue weighted by molar-refractivity contribution is 5.61. The second-order valence-corrected chi connectivity index (χ2v) is 6.62. The minimum atomic E-state index is 0.629. The highest BCUT2D eigenvalue weighted by atomic mass is 15.0. The lowest BCUT2D eigenvalue weighted by atomic mass is 9.64. The summed E-state index contributed by atoms with van der Waals surface area (Å²) >= 11 is 0. The minimum absolute atomic E-state index is 0.629. The molecule has 0 radical (unpaired) electrons. The summed E-state index contributed by atoms with van der Waals surface area (Å²) in [6.45, 7) is 4.91. The lowest BCUT2D eigenvalue weighted by Crippen LogP contribution is -2.39. The standard InChI is InChI=1S/C18H23N/c1-11-13-7-3-4-8-14(13)12(2)18-17(11)15-9-5-6-10-16(15)19-18/h5-6,9-12,17-19H,3-4,7-8H2,1-2H3/t11-,12-,17?,18?/m1/s1. The van der Waals surface area contributed by atoms with E-state index in [2.05, 4.69) is 43.4 Å². The minimum Gasteiger partial charge on any atom is -0.381 e. The van der Waals surface area contributed by atoms with Crippen molar-refractivity contribution in [1.82, 2.24) is 0 Å². The molecule has 0 saturated heterocycles. The van der Waals surface area contributed by atoms with Gasteiger partial charge in [-0.05, 0) is 49.1 Å². The van der Waals surface area contributed by atoms with Gasteiger partial charge in [-0.15, -0.1) is 0 Å². The first kappa shape index (κ1) is 11.6. The number of allylic oxidation sites excluding steroid dienone is 1. The normalized spacial score (nSPS) is 36.3. The second-order valence-electron chi connectivity index (χ2n) is 6.62. The van der Waals surface area contributed by atoms with E-state index in [9.17, 15) is 0 Å². The smallest absolute Gasteiger partial charge is 0.0399 e. The van der Waals surface area contributed by atoms with E-state index >= 15 is 0 Å². The van der Waals surface area contributed by atoms with Gasteiger partial charge < -0.3 is 5.32 Å². The molecule has 0 spiro atoms. The largest absolute Gasteiger partial charge is 0.381 e. The van der Waals surface area contributed by atoms with Crippen molar-refractivity contribution >= 4 is 5.69 Å². The Kier molecular flexibility index (Phi) is 2.51. The van der Waals surface area contributed by atoms with Crippen LogP contribution in [0.1, 0.15) is 51.0 Å². The van der Waals surface area contributed by atoms with Gasteiger partial charge >= 0.3 is 0 Å². The van der Waals surface area contributed by atoms with Crippen LogP contribution in [-0.4, -0.2) is 6.04 Å². The quantitative estimate of drug-likeness (QED) is 0.660. The molecule has 0 saturated carbocycles. The van der Waals surface area contributed by atoms with E-state index < -0.39 is 0 Å². The third kappa shape index (κ3) is 1.54. The number of nitrogens with one attached hydrogen (secondary N) is 1. The third-order valence-electron chi connectivity index (χ3n) is 5.76. The van der Waals surface area contributed by atoms with E-state index in [4.69, 9.17) is 0 Å². The average Bonchev–Trinajstić information content (AvgIpc) is 2.84. The van der Waals surface area contributed by atoms with Gasteiger partial charge in [0.05, 0.1) is 0 Å². The van der Waals surface area contributed by atoms with Crippen molar-refractivity contribution in [3.63, 3.8) is 0 Å². The number of rotatable bonds is 0. The topological polar surface area (TPSA) is 12.0 Å². The van der Waals surface area contributed by atoms with Gasteiger partial charge in [0.15, 0.2) is 0 Å². The summed E-state index contributed by atoms with van der Waals surface area (Å²) in [4.78, 5) is 0. The highest BCUT2D eigenvalue weighted by Gasteiger charge is 2.45. The maximum Gasteiger partial charge on any atom is 0.0399 e. The molecular formula is C18H23N. The molecule has 4 rings (SSSR count). The molecule has 4 atom stereocenters. The van der Waals surface area contributed by atoms with Gasteiger partial charge in [-0.2, -0.15) is 0 Å². The second kappa shape index (κ2) is 4.13. The molecule has 1 aromatic rings. The maximum atomic E-state index is 3.82. The molecule has 1 heteroatoms. The van der Waals surface area contributed by atoms with Crippen LogP contribution in [0.15, 0.2) is 35.4 Å². The number of benzene rings is 1. The number of anilines is 1. The SMILES string of the molecule is C[C@@H]1C2=C(CCCC2)[C@@H](C)C2c3ccccc3NC21. The van der Waals surface area contributed by atoms with Crippen molar-refractivity contribution < 1.29 is 0 Å². The molecule has 0 aromatic heterocycles. The molecule has 0 fully saturated rings. The molecule has 0 amide bonds. The fourth-order valence-electron chi connectivity index (χ4n) is 4.82.